The van der Waals surface area contributed by atoms with Crippen molar-refractivity contribution in [2.75, 3.05) is 58.1 Å². The van der Waals surface area contributed by atoms with Crippen molar-refractivity contribution in [1.29, 1.82) is 0 Å². The molecule has 0 aliphatic heterocycles. The first kappa shape index (κ1) is 26.4. The second-order valence-electron chi connectivity index (χ2n) is 9.88. The van der Waals surface area contributed by atoms with Crippen molar-refractivity contribution in [1.82, 2.24) is 5.32 Å². The van der Waals surface area contributed by atoms with E-state index in [4.69, 9.17) is 10.8 Å². The van der Waals surface area contributed by atoms with Crippen LogP contribution in [0.5, 0.6) is 0 Å². The number of esters is 1. The molecule has 9 nitrogen and oxygen atoms in total. The average Bonchev–Trinajstić information content (AvgIpc) is 2.70. The van der Waals surface area contributed by atoms with Crippen LogP contribution in [0.15, 0.2) is 24.3 Å². The molecular formula is C24H41N4O5+. The van der Waals surface area contributed by atoms with Crippen LogP contribution in [0.25, 0.3) is 0 Å². The van der Waals surface area contributed by atoms with E-state index in [-0.39, 0.29) is 19.0 Å². The number of quaternary nitrogens is 1. The standard InChI is InChI=1S/C24H40N4O5/c1-24(2,3)33-23(31)26-19-12-14-20(15-13-19)27(4)22(30)25-16-10-8-9-11-21(29)32-18-17-28(5,6)7/h12-15H,8-11,16-18H2,1-7H3,(H-,25,26,30,31)/p+1/i4T. The normalized spacial score (nSPS) is 11.9. The quantitative estimate of drug-likeness (QED) is 0.291. The van der Waals surface area contributed by atoms with Gasteiger partial charge in [-0.15, -0.1) is 0 Å². The largest absolute Gasteiger partial charge is 0.460 e. The summed E-state index contributed by atoms with van der Waals surface area (Å²) in [5, 5.41) is 5.43. The van der Waals surface area contributed by atoms with Crippen molar-refractivity contribution >= 4 is 29.5 Å². The van der Waals surface area contributed by atoms with Gasteiger partial charge in [0.1, 0.15) is 18.8 Å². The number of benzene rings is 1. The molecule has 0 spiro atoms. The number of carbonyl (C=O) groups is 3. The number of amides is 3. The number of hydrogen-bond acceptors (Lipinski definition) is 5. The minimum Gasteiger partial charge on any atom is -0.460 e. The second-order valence-corrected chi connectivity index (χ2v) is 9.88. The van der Waals surface area contributed by atoms with Crippen molar-refractivity contribution in [2.24, 2.45) is 0 Å². The molecule has 0 radical (unpaired) electrons. The third-order valence-corrected chi connectivity index (χ3v) is 4.43. The topological polar surface area (TPSA) is 97.0 Å². The highest BCUT2D eigenvalue weighted by Gasteiger charge is 2.16. The smallest absolute Gasteiger partial charge is 0.412 e. The van der Waals surface area contributed by atoms with E-state index in [0.717, 1.165) is 23.9 Å². The lowest BCUT2D eigenvalue weighted by molar-refractivity contribution is -0.870. The molecule has 0 saturated heterocycles. The minimum atomic E-state index is -0.598. The SMILES string of the molecule is [3H]CN(C(=O)NCCCCCC(=O)OCC[N+](C)(C)C)c1ccc(NC(=O)OC(C)(C)C)cc1. The molecule has 0 aromatic heterocycles. The second kappa shape index (κ2) is 13.0. The van der Waals surface area contributed by atoms with Gasteiger partial charge in [0.05, 0.1) is 21.1 Å². The van der Waals surface area contributed by atoms with E-state index in [1.807, 2.05) is 21.1 Å². The maximum atomic E-state index is 12.5. The van der Waals surface area contributed by atoms with Crippen molar-refractivity contribution in [3.8, 4) is 0 Å². The molecule has 186 valence electrons. The van der Waals surface area contributed by atoms with E-state index >= 15 is 0 Å². The number of urea groups is 1. The molecular weight excluding hydrogens is 424 g/mol. The van der Waals surface area contributed by atoms with Gasteiger partial charge in [-0.05, 0) is 57.9 Å². The van der Waals surface area contributed by atoms with Gasteiger partial charge >= 0.3 is 18.1 Å². The minimum absolute atomic E-state index is 0.192. The highest BCUT2D eigenvalue weighted by atomic mass is 16.6. The third-order valence-electron chi connectivity index (χ3n) is 4.43. The van der Waals surface area contributed by atoms with Crippen molar-refractivity contribution in [3.05, 3.63) is 24.3 Å². The summed E-state index contributed by atoms with van der Waals surface area (Å²) in [6.45, 7) is 6.98. The van der Waals surface area contributed by atoms with E-state index in [0.29, 0.717) is 37.4 Å². The number of hydrogen-bond donors (Lipinski definition) is 2. The van der Waals surface area contributed by atoms with Crippen LogP contribution in [0.2, 0.25) is 0 Å². The van der Waals surface area contributed by atoms with E-state index in [1.54, 1.807) is 45.0 Å². The van der Waals surface area contributed by atoms with Gasteiger partial charge in [-0.3, -0.25) is 15.0 Å². The molecule has 0 fully saturated rings. The van der Waals surface area contributed by atoms with Crippen LogP contribution in [0.3, 0.4) is 0 Å². The summed E-state index contributed by atoms with van der Waals surface area (Å²) in [5.41, 5.74) is 0.470. The molecule has 1 aromatic carbocycles. The fourth-order valence-corrected chi connectivity index (χ4v) is 2.63. The van der Waals surface area contributed by atoms with Crippen LogP contribution in [-0.2, 0) is 14.3 Å². The van der Waals surface area contributed by atoms with Gasteiger partial charge in [0.15, 0.2) is 0 Å². The van der Waals surface area contributed by atoms with E-state index in [1.165, 1.54) is 4.90 Å². The van der Waals surface area contributed by atoms with Crippen LogP contribution in [0.1, 0.15) is 47.8 Å². The molecule has 0 atom stereocenters. The maximum absolute atomic E-state index is 12.5. The Hall–Kier alpha value is -2.81. The number of ether oxygens (including phenoxy) is 2. The number of rotatable bonds is 11. The number of likely N-dealkylation sites (N-methyl/N-ethyl adjacent to an activating group) is 1. The maximum Gasteiger partial charge on any atom is 0.412 e. The lowest BCUT2D eigenvalue weighted by Crippen LogP contribution is -2.38. The predicted octanol–water partition coefficient (Wildman–Crippen LogP) is 3.99. The monoisotopic (exact) mass is 467 g/mol. The number of anilines is 2. The number of carbonyl (C=O) groups excluding carboxylic acids is 3. The van der Waals surface area contributed by atoms with Gasteiger partial charge in [-0.25, -0.2) is 9.59 Å². The summed E-state index contributed by atoms with van der Waals surface area (Å²) in [6, 6.07) is 6.24. The summed E-state index contributed by atoms with van der Waals surface area (Å²) in [7, 11) is 5.89. The Morgan fingerprint density at radius 1 is 1.06 bits per heavy atom. The van der Waals surface area contributed by atoms with Crippen LogP contribution in [-0.4, -0.2) is 76.0 Å². The van der Waals surface area contributed by atoms with Crippen molar-refractivity contribution < 1.29 is 29.7 Å². The van der Waals surface area contributed by atoms with Crippen LogP contribution < -0.4 is 15.5 Å². The van der Waals surface area contributed by atoms with E-state index in [9.17, 15) is 14.4 Å². The van der Waals surface area contributed by atoms with Gasteiger partial charge in [0.25, 0.3) is 0 Å². The summed E-state index contributed by atoms with van der Waals surface area (Å²) in [6.07, 6.45) is 2.02. The zero-order chi connectivity index (χ0) is 25.8. The summed E-state index contributed by atoms with van der Waals surface area (Å²) >= 11 is 0. The molecule has 0 unspecified atom stereocenters. The Morgan fingerprint density at radius 3 is 2.30 bits per heavy atom. The van der Waals surface area contributed by atoms with Gasteiger partial charge in [0.2, 0.25) is 0 Å². The zero-order valence-corrected chi connectivity index (χ0v) is 20.9. The first-order chi connectivity index (χ1) is 15.8. The Bertz CT molecular complexity index is 788. The number of nitrogens with one attached hydrogen (secondary N) is 2. The number of unbranched alkanes of at least 4 members (excludes halogenated alkanes) is 2. The molecule has 0 aliphatic rings. The molecule has 2 N–H and O–H groups in total. The first-order valence-electron chi connectivity index (χ1n) is 11.9. The summed E-state index contributed by atoms with van der Waals surface area (Å²) < 4.78 is 18.9. The summed E-state index contributed by atoms with van der Waals surface area (Å²) in [5.74, 6) is -0.192. The fourth-order valence-electron chi connectivity index (χ4n) is 2.63. The van der Waals surface area contributed by atoms with Gasteiger partial charge in [-0.2, -0.15) is 0 Å². The predicted molar refractivity (Wildman–Crippen MR) is 130 cm³/mol. The molecule has 0 saturated carbocycles. The van der Waals surface area contributed by atoms with Gasteiger partial charge in [0, 0.05) is 32.7 Å². The van der Waals surface area contributed by atoms with Crippen molar-refractivity contribution in [2.45, 2.75) is 52.1 Å². The molecule has 9 heteroatoms. The Balaban J connectivity index is 2.34. The van der Waals surface area contributed by atoms with E-state index < -0.39 is 11.7 Å². The Morgan fingerprint density at radius 2 is 1.73 bits per heavy atom. The molecule has 1 aromatic rings. The summed E-state index contributed by atoms with van der Waals surface area (Å²) in [4.78, 5) is 37.4. The Labute approximate surface area is 199 Å². The van der Waals surface area contributed by atoms with Crippen LogP contribution in [0, 0.1) is 0 Å². The van der Waals surface area contributed by atoms with Crippen LogP contribution >= 0.6 is 0 Å². The zero-order valence-electron chi connectivity index (χ0n) is 21.9. The molecule has 3 amide bonds. The molecule has 1 rings (SSSR count). The highest BCUT2D eigenvalue weighted by molar-refractivity contribution is 5.92. The van der Waals surface area contributed by atoms with Crippen LogP contribution in [0.4, 0.5) is 21.0 Å². The van der Waals surface area contributed by atoms with Gasteiger partial charge in [-0.1, -0.05) is 6.42 Å². The number of nitrogens with zero attached hydrogens (tertiary/aromatic N) is 2. The Kier molecular flexibility index (Phi) is 10.4. The van der Waals surface area contributed by atoms with Crippen molar-refractivity contribution in [3.63, 3.8) is 0 Å². The fraction of sp³-hybridized carbons (Fsp3) is 0.625. The van der Waals surface area contributed by atoms with Gasteiger partial charge < -0.3 is 19.3 Å². The average molecular weight is 468 g/mol. The highest BCUT2D eigenvalue weighted by Crippen LogP contribution is 2.18. The molecule has 0 aliphatic carbocycles. The molecule has 0 bridgehead atoms. The van der Waals surface area contributed by atoms with E-state index in [2.05, 4.69) is 10.6 Å². The lowest BCUT2D eigenvalue weighted by atomic mass is 10.2. The lowest BCUT2D eigenvalue weighted by Gasteiger charge is -2.23. The first-order valence-corrected chi connectivity index (χ1v) is 11.2. The third kappa shape index (κ3) is 13.4. The molecule has 0 heterocycles. The molecule has 33 heavy (non-hydrogen) atoms.